The number of aliphatic hydroxyl groups is 1. The molecule has 62 heavy (non-hydrogen) atoms. The Morgan fingerprint density at radius 2 is 1.55 bits per heavy atom. The average Bonchev–Trinajstić information content (AvgIpc) is 3.28. The molecule has 2 saturated heterocycles. The molecule has 0 saturated carbocycles. The second-order valence-corrected chi connectivity index (χ2v) is 17.1. The molecule has 7 rings (SSSR count). The summed E-state index contributed by atoms with van der Waals surface area (Å²) in [6.07, 6.45) is 2.04. The van der Waals surface area contributed by atoms with E-state index in [2.05, 4.69) is 29.2 Å². The number of nitrogens with one attached hydrogen (secondary N) is 2. The number of carbonyl (C=O) groups excluding carboxylic acids is 3. The van der Waals surface area contributed by atoms with Crippen LogP contribution in [-0.4, -0.2) is 107 Å². The number of aromatic nitrogens is 1. The van der Waals surface area contributed by atoms with Crippen LogP contribution in [0.4, 0.5) is 0 Å². The van der Waals surface area contributed by atoms with Gasteiger partial charge >= 0.3 is 5.97 Å². The Bertz CT molecular complexity index is 2350. The maximum atomic E-state index is 14.0. The van der Waals surface area contributed by atoms with Crippen molar-refractivity contribution in [2.24, 2.45) is 5.92 Å². The highest BCUT2D eigenvalue weighted by Gasteiger charge is 2.46. The number of aliphatic hydroxyl groups excluding tert-OH is 1. The first kappa shape index (κ1) is 44.2. The van der Waals surface area contributed by atoms with E-state index < -0.39 is 11.5 Å². The summed E-state index contributed by atoms with van der Waals surface area (Å²) in [4.78, 5) is 61.8. The maximum Gasteiger partial charge on any atom is 0.317 e. The number of phenolic OH excluding ortho intramolecular Hbond substituents is 1. The third kappa shape index (κ3) is 10.8. The van der Waals surface area contributed by atoms with Crippen LogP contribution in [0.2, 0.25) is 0 Å². The van der Waals surface area contributed by atoms with Crippen LogP contribution in [0.5, 0.6) is 5.75 Å². The van der Waals surface area contributed by atoms with Crippen molar-refractivity contribution in [2.75, 3.05) is 52.9 Å². The number of aromatic amines is 1. The zero-order valence-corrected chi connectivity index (χ0v) is 35.8. The predicted molar refractivity (Wildman–Crippen MR) is 239 cm³/mol. The van der Waals surface area contributed by atoms with E-state index in [4.69, 9.17) is 4.74 Å². The normalized spacial score (nSPS) is 18.3. The second kappa shape index (κ2) is 20.4. The van der Waals surface area contributed by atoms with Crippen molar-refractivity contribution in [3.05, 3.63) is 147 Å². The van der Waals surface area contributed by atoms with Crippen LogP contribution in [0.1, 0.15) is 66.5 Å². The summed E-state index contributed by atoms with van der Waals surface area (Å²) in [5, 5.41) is 25.0. The molecule has 1 unspecified atom stereocenters. The minimum atomic E-state index is -0.878. The number of H-pyrrole nitrogens is 1. The number of esters is 1. The van der Waals surface area contributed by atoms with E-state index in [1.165, 1.54) is 12.1 Å². The van der Waals surface area contributed by atoms with Gasteiger partial charge in [0.1, 0.15) is 11.9 Å². The third-order valence-electron chi connectivity index (χ3n) is 12.7. The molecule has 12 nitrogen and oxygen atoms in total. The number of nitrogens with zero attached hydrogens (tertiary/aromatic N) is 3. The molecule has 4 N–H and O–H groups in total. The van der Waals surface area contributed by atoms with Gasteiger partial charge in [-0.25, -0.2) is 0 Å². The number of amides is 2. The van der Waals surface area contributed by atoms with Crippen LogP contribution in [0, 0.1) is 5.92 Å². The molecule has 12 heteroatoms. The van der Waals surface area contributed by atoms with E-state index in [0.717, 1.165) is 41.8 Å². The van der Waals surface area contributed by atoms with E-state index in [-0.39, 0.29) is 60.1 Å². The van der Waals surface area contributed by atoms with Gasteiger partial charge in [0, 0.05) is 50.7 Å². The molecule has 3 atom stereocenters. The Kier molecular flexibility index (Phi) is 14.5. The van der Waals surface area contributed by atoms with Gasteiger partial charge in [0.05, 0.1) is 29.9 Å². The summed E-state index contributed by atoms with van der Waals surface area (Å²) in [5.74, 6) is 0.0365. The molecule has 5 aromatic rings. The number of benzene rings is 4. The lowest BCUT2D eigenvalue weighted by atomic mass is 9.72. The summed E-state index contributed by atoms with van der Waals surface area (Å²) in [5.41, 5.74) is 3.42. The number of ether oxygens (including phenoxy) is 1. The van der Waals surface area contributed by atoms with Crippen LogP contribution in [0.15, 0.2) is 114 Å². The fourth-order valence-electron chi connectivity index (χ4n) is 8.83. The quantitative estimate of drug-likeness (QED) is 0.0745. The predicted octanol–water partition coefficient (Wildman–Crippen LogP) is 5.50. The fraction of sp³-hybridized carbons (Fsp3) is 0.400. The molecule has 0 radical (unpaired) electrons. The monoisotopic (exact) mass is 841 g/mol. The smallest absolute Gasteiger partial charge is 0.317 e. The summed E-state index contributed by atoms with van der Waals surface area (Å²) < 4.78 is 6.28. The summed E-state index contributed by atoms with van der Waals surface area (Å²) in [6.45, 7) is 6.56. The zero-order valence-electron chi connectivity index (χ0n) is 35.8. The van der Waals surface area contributed by atoms with Crippen molar-refractivity contribution in [3.8, 4) is 5.75 Å². The van der Waals surface area contributed by atoms with Gasteiger partial charge in [0.2, 0.25) is 17.4 Å². The van der Waals surface area contributed by atoms with Crippen molar-refractivity contribution in [3.63, 3.8) is 0 Å². The van der Waals surface area contributed by atoms with Gasteiger partial charge in [0.15, 0.2) is 0 Å². The standard InChI is InChI=1S/C50H59N5O7/c1-35-22-27-53(2)34-44(35)62-49(61)50(39-12-7-4-8-13-39)23-28-54(29-24-50)46(59)30-36-14-16-37(17-15-36)31-47(60)55(33-38-10-5-3-6-11-38)26-9-25-51-32-43(57)40-18-20-42(56)48-41(40)19-21-45(58)52-48/h3-8,10-21,35,43-44,51,56-57H,9,22-34H2,1-2H3,(H,52,58)/t35?,43-,44-/m0/s1. The second-order valence-electron chi connectivity index (χ2n) is 17.1. The first-order chi connectivity index (χ1) is 30.0. The molecule has 1 aromatic heterocycles. The van der Waals surface area contributed by atoms with Gasteiger partial charge in [0.25, 0.3) is 0 Å². The summed E-state index contributed by atoms with van der Waals surface area (Å²) in [7, 11) is 2.06. The highest BCUT2D eigenvalue weighted by Crippen LogP contribution is 2.38. The maximum absolute atomic E-state index is 14.0. The molecule has 2 aliphatic heterocycles. The van der Waals surface area contributed by atoms with Crippen LogP contribution in [0.25, 0.3) is 10.9 Å². The zero-order chi connectivity index (χ0) is 43.6. The Morgan fingerprint density at radius 1 is 0.871 bits per heavy atom. The highest BCUT2D eigenvalue weighted by atomic mass is 16.5. The number of phenols is 1. The van der Waals surface area contributed by atoms with Crippen LogP contribution in [0.3, 0.4) is 0 Å². The van der Waals surface area contributed by atoms with E-state index in [1.807, 2.05) is 94.7 Å². The SMILES string of the molecule is CC1CCN(C)C[C@@H]1OC(=O)C1(c2ccccc2)CCN(C(=O)Cc2ccc(CC(=O)N(CCCNC[C@H](O)c3ccc(O)c4[nH]c(=O)ccc34)Cc3ccccc3)cc2)CC1. The number of likely N-dealkylation sites (N-methyl/N-ethyl adjacent to an activating group) is 1. The summed E-state index contributed by atoms with van der Waals surface area (Å²) in [6, 6.07) is 33.5. The molecule has 2 amide bonds. The molecular formula is C50H59N5O7. The number of fused-ring (bicyclic) bond motifs is 1. The van der Waals surface area contributed by atoms with Gasteiger partial charge in [-0.05, 0) is 91.7 Å². The minimum Gasteiger partial charge on any atom is -0.506 e. The van der Waals surface area contributed by atoms with E-state index >= 15 is 0 Å². The van der Waals surface area contributed by atoms with E-state index in [9.17, 15) is 29.4 Å². The molecular weight excluding hydrogens is 783 g/mol. The molecule has 2 aliphatic rings. The Labute approximate surface area is 363 Å². The number of pyridine rings is 1. The third-order valence-corrected chi connectivity index (χ3v) is 12.7. The largest absolute Gasteiger partial charge is 0.506 e. The summed E-state index contributed by atoms with van der Waals surface area (Å²) >= 11 is 0. The fourth-order valence-corrected chi connectivity index (χ4v) is 8.83. The molecule has 326 valence electrons. The number of likely N-dealkylation sites (tertiary alicyclic amines) is 2. The van der Waals surface area contributed by atoms with Gasteiger partial charge in [-0.15, -0.1) is 0 Å². The number of hydrogen-bond acceptors (Lipinski definition) is 9. The molecule has 3 heterocycles. The van der Waals surface area contributed by atoms with Crippen molar-refractivity contribution in [1.82, 2.24) is 25.0 Å². The molecule has 0 bridgehead atoms. The number of hydrogen-bond donors (Lipinski definition) is 4. The van der Waals surface area contributed by atoms with E-state index in [0.29, 0.717) is 68.9 Å². The Balaban J connectivity index is 0.915. The van der Waals surface area contributed by atoms with Crippen molar-refractivity contribution < 1.29 is 29.3 Å². The van der Waals surface area contributed by atoms with Crippen molar-refractivity contribution in [1.29, 1.82) is 0 Å². The van der Waals surface area contributed by atoms with Gasteiger partial charge < -0.3 is 40.0 Å². The van der Waals surface area contributed by atoms with Gasteiger partial charge in [-0.1, -0.05) is 97.9 Å². The van der Waals surface area contributed by atoms with Crippen molar-refractivity contribution in [2.45, 2.75) is 69.6 Å². The minimum absolute atomic E-state index is 0.00862. The van der Waals surface area contributed by atoms with Crippen molar-refractivity contribution >= 4 is 28.7 Å². The number of aromatic hydroxyl groups is 1. The topological polar surface area (TPSA) is 156 Å². The Hall–Kier alpha value is -5.82. The number of carbonyl (C=O) groups is 3. The molecule has 2 fully saturated rings. The van der Waals surface area contributed by atoms with Crippen LogP contribution in [-0.2, 0) is 43.9 Å². The van der Waals surface area contributed by atoms with Crippen LogP contribution < -0.4 is 10.9 Å². The molecule has 4 aromatic carbocycles. The lowest BCUT2D eigenvalue weighted by molar-refractivity contribution is -0.164. The lowest BCUT2D eigenvalue weighted by Gasteiger charge is -2.42. The van der Waals surface area contributed by atoms with E-state index in [1.54, 1.807) is 12.1 Å². The molecule has 0 spiro atoms. The van der Waals surface area contributed by atoms with Crippen LogP contribution >= 0.6 is 0 Å². The van der Waals surface area contributed by atoms with Gasteiger partial charge in [-0.3, -0.25) is 19.2 Å². The first-order valence-corrected chi connectivity index (χ1v) is 21.9. The molecule has 0 aliphatic carbocycles. The Morgan fingerprint density at radius 3 is 2.26 bits per heavy atom. The lowest BCUT2D eigenvalue weighted by Crippen LogP contribution is -2.52. The highest BCUT2D eigenvalue weighted by molar-refractivity contribution is 5.87. The number of rotatable bonds is 16. The number of piperidine rings is 2. The average molecular weight is 842 g/mol. The van der Waals surface area contributed by atoms with Gasteiger partial charge in [-0.2, -0.15) is 0 Å². The first-order valence-electron chi connectivity index (χ1n) is 21.9.